The van der Waals surface area contributed by atoms with Gasteiger partial charge >= 0.3 is 6.09 Å². The number of amides is 1. The smallest absolute Gasteiger partial charge is 0.411 e. The number of para-hydroxylation sites is 1. The molecule has 2 aromatic carbocycles. The van der Waals surface area contributed by atoms with Crippen molar-refractivity contribution < 1.29 is 9.90 Å². The third kappa shape index (κ3) is 3.56. The Morgan fingerprint density at radius 3 is 2.66 bits per heavy atom. The fraction of sp³-hybridized carbons (Fsp3) is 0.292. The topological polar surface area (TPSA) is 43.8 Å². The summed E-state index contributed by atoms with van der Waals surface area (Å²) in [5, 5.41) is 12.1. The largest absolute Gasteiger partial charge is 0.465 e. The molecule has 0 radical (unpaired) electrons. The summed E-state index contributed by atoms with van der Waals surface area (Å²) in [5.41, 5.74) is 3.21. The Morgan fingerprint density at radius 1 is 1.10 bits per heavy atom. The molecule has 1 saturated carbocycles. The molecule has 1 saturated heterocycles. The first-order valence-corrected chi connectivity index (χ1v) is 10.9. The summed E-state index contributed by atoms with van der Waals surface area (Å²) in [6, 6.07) is 22.5. The Bertz CT molecular complexity index is 1000. The molecule has 4 nitrogen and oxygen atoms in total. The molecule has 3 aromatic rings. The lowest BCUT2D eigenvalue weighted by Gasteiger charge is -2.27. The monoisotopic (exact) mass is 404 g/mol. The fourth-order valence-electron chi connectivity index (χ4n) is 4.83. The normalized spacial score (nSPS) is 23.0. The molecule has 2 heterocycles. The fourth-order valence-corrected chi connectivity index (χ4v) is 5.59. The first-order chi connectivity index (χ1) is 14.1. The van der Waals surface area contributed by atoms with E-state index in [0.29, 0.717) is 12.5 Å². The van der Waals surface area contributed by atoms with Gasteiger partial charge in [-0.2, -0.15) is 0 Å². The molecule has 2 unspecified atom stereocenters. The van der Waals surface area contributed by atoms with Crippen LogP contribution in [-0.4, -0.2) is 35.7 Å². The third-order valence-electron chi connectivity index (χ3n) is 6.31. The molecule has 0 spiro atoms. The van der Waals surface area contributed by atoms with Crippen LogP contribution in [0.25, 0.3) is 10.4 Å². The number of fused-ring (bicyclic) bond motifs is 1. The Kier molecular flexibility index (Phi) is 4.64. The van der Waals surface area contributed by atoms with Crippen LogP contribution in [0.2, 0.25) is 0 Å². The molecule has 2 atom stereocenters. The van der Waals surface area contributed by atoms with Gasteiger partial charge in [-0.05, 0) is 35.4 Å². The number of piperidine rings is 1. The maximum atomic E-state index is 12.3. The van der Waals surface area contributed by atoms with Gasteiger partial charge in [-0.3, -0.25) is 9.80 Å². The van der Waals surface area contributed by atoms with Gasteiger partial charge in [-0.1, -0.05) is 54.6 Å². The molecular weight excluding hydrogens is 380 g/mol. The van der Waals surface area contributed by atoms with Gasteiger partial charge in [-0.15, -0.1) is 11.3 Å². The van der Waals surface area contributed by atoms with Gasteiger partial charge < -0.3 is 5.11 Å². The minimum Gasteiger partial charge on any atom is -0.465 e. The summed E-state index contributed by atoms with van der Waals surface area (Å²) in [6.45, 7) is 3.55. The summed E-state index contributed by atoms with van der Waals surface area (Å²) in [5.74, 6) is 0.599. The average Bonchev–Trinajstić information content (AvgIpc) is 3.09. The minimum absolute atomic E-state index is 0.0930. The lowest BCUT2D eigenvalue weighted by molar-refractivity contribution is 0.198. The SMILES string of the molecule is O=C(O)N(CC12CC1CN(Cc1ccccc1)C2)c1ccccc1-c1cccs1. The van der Waals surface area contributed by atoms with E-state index in [1.54, 1.807) is 16.2 Å². The van der Waals surface area contributed by atoms with E-state index in [0.717, 1.165) is 42.2 Å². The maximum absolute atomic E-state index is 12.3. The molecule has 5 heteroatoms. The van der Waals surface area contributed by atoms with Crippen molar-refractivity contribution >= 4 is 23.1 Å². The number of hydrogen-bond acceptors (Lipinski definition) is 3. The predicted molar refractivity (Wildman–Crippen MR) is 117 cm³/mol. The average molecular weight is 405 g/mol. The van der Waals surface area contributed by atoms with Crippen LogP contribution in [-0.2, 0) is 6.54 Å². The van der Waals surface area contributed by atoms with Crippen LogP contribution in [0.4, 0.5) is 10.5 Å². The Morgan fingerprint density at radius 2 is 1.90 bits per heavy atom. The van der Waals surface area contributed by atoms with Crippen LogP contribution >= 0.6 is 11.3 Å². The number of hydrogen-bond donors (Lipinski definition) is 1. The van der Waals surface area contributed by atoms with Crippen molar-refractivity contribution in [2.45, 2.75) is 13.0 Å². The molecule has 1 aromatic heterocycles. The van der Waals surface area contributed by atoms with Gasteiger partial charge in [-0.25, -0.2) is 4.79 Å². The second kappa shape index (κ2) is 7.32. The number of thiophene rings is 1. The summed E-state index contributed by atoms with van der Waals surface area (Å²) < 4.78 is 0. The molecule has 1 aliphatic carbocycles. The zero-order valence-electron chi connectivity index (χ0n) is 16.2. The molecule has 2 fully saturated rings. The number of rotatable bonds is 6. The molecular formula is C24H24N2O2S. The zero-order valence-corrected chi connectivity index (χ0v) is 17.0. The first-order valence-electron chi connectivity index (χ1n) is 10.0. The highest BCUT2D eigenvalue weighted by Gasteiger charge is 2.60. The second-order valence-electron chi connectivity index (χ2n) is 8.28. The van der Waals surface area contributed by atoms with Crippen molar-refractivity contribution in [2.24, 2.45) is 11.3 Å². The Labute approximate surface area is 175 Å². The molecule has 1 aliphatic heterocycles. The number of likely N-dealkylation sites (tertiary alicyclic amines) is 1. The van der Waals surface area contributed by atoms with E-state index < -0.39 is 6.09 Å². The van der Waals surface area contributed by atoms with E-state index in [4.69, 9.17) is 0 Å². The highest BCUT2D eigenvalue weighted by atomic mass is 32.1. The van der Waals surface area contributed by atoms with Crippen molar-refractivity contribution in [2.75, 3.05) is 24.5 Å². The molecule has 0 bridgehead atoms. The van der Waals surface area contributed by atoms with E-state index in [1.807, 2.05) is 41.8 Å². The van der Waals surface area contributed by atoms with Crippen molar-refractivity contribution in [3.63, 3.8) is 0 Å². The van der Waals surface area contributed by atoms with Gasteiger partial charge in [0.25, 0.3) is 0 Å². The maximum Gasteiger partial charge on any atom is 0.411 e. The van der Waals surface area contributed by atoms with Crippen molar-refractivity contribution in [1.82, 2.24) is 4.90 Å². The summed E-state index contributed by atoms with van der Waals surface area (Å²) >= 11 is 1.65. The zero-order chi connectivity index (χ0) is 19.8. The van der Waals surface area contributed by atoms with Crippen molar-refractivity contribution in [3.8, 4) is 10.4 Å². The molecule has 1 N–H and O–H groups in total. The Hall–Kier alpha value is -2.63. The quantitative estimate of drug-likeness (QED) is 0.596. The standard InChI is InChI=1S/C24H24N2O2S/c27-23(28)26(21-10-5-4-9-20(21)22-11-6-12-29-22)17-24-13-19(24)15-25(16-24)14-18-7-2-1-3-8-18/h1-12,19H,13-17H2,(H,27,28). The summed E-state index contributed by atoms with van der Waals surface area (Å²) in [7, 11) is 0. The second-order valence-corrected chi connectivity index (χ2v) is 9.23. The van der Waals surface area contributed by atoms with Crippen LogP contribution in [0.3, 0.4) is 0 Å². The van der Waals surface area contributed by atoms with Crippen LogP contribution in [0.5, 0.6) is 0 Å². The minimum atomic E-state index is -0.865. The van der Waals surface area contributed by atoms with Crippen LogP contribution < -0.4 is 4.90 Å². The van der Waals surface area contributed by atoms with Crippen molar-refractivity contribution in [1.29, 1.82) is 0 Å². The van der Waals surface area contributed by atoms with Crippen LogP contribution in [0.15, 0.2) is 72.1 Å². The molecule has 2 aliphatic rings. The Balaban J connectivity index is 1.36. The van der Waals surface area contributed by atoms with Gasteiger partial charge in [0.2, 0.25) is 0 Å². The van der Waals surface area contributed by atoms with Crippen LogP contribution in [0.1, 0.15) is 12.0 Å². The lowest BCUT2D eigenvalue weighted by atomic mass is 10.0. The number of anilines is 1. The van der Waals surface area contributed by atoms with Gasteiger partial charge in [0.05, 0.1) is 5.69 Å². The number of benzene rings is 2. The summed E-state index contributed by atoms with van der Waals surface area (Å²) in [4.78, 5) is 17.4. The van der Waals surface area contributed by atoms with Gasteiger partial charge in [0, 0.05) is 42.0 Å². The van der Waals surface area contributed by atoms with E-state index in [9.17, 15) is 9.90 Å². The van der Waals surface area contributed by atoms with Crippen LogP contribution in [0, 0.1) is 11.3 Å². The van der Waals surface area contributed by atoms with Gasteiger partial charge in [0.1, 0.15) is 0 Å². The summed E-state index contributed by atoms with van der Waals surface area (Å²) in [6.07, 6.45) is 0.263. The highest BCUT2D eigenvalue weighted by Crippen LogP contribution is 2.58. The van der Waals surface area contributed by atoms with Gasteiger partial charge in [0.15, 0.2) is 0 Å². The number of carboxylic acid groups (broad SMARTS) is 1. The molecule has 148 valence electrons. The van der Waals surface area contributed by atoms with E-state index >= 15 is 0 Å². The van der Waals surface area contributed by atoms with E-state index in [2.05, 4.69) is 35.2 Å². The first kappa shape index (κ1) is 18.4. The highest BCUT2D eigenvalue weighted by molar-refractivity contribution is 7.13. The van der Waals surface area contributed by atoms with E-state index in [-0.39, 0.29) is 5.41 Å². The number of nitrogens with zero attached hydrogens (tertiary/aromatic N) is 2. The lowest BCUT2D eigenvalue weighted by Crippen LogP contribution is -2.38. The third-order valence-corrected chi connectivity index (χ3v) is 7.21. The van der Waals surface area contributed by atoms with Crippen molar-refractivity contribution in [3.05, 3.63) is 77.7 Å². The number of carbonyl (C=O) groups is 1. The molecule has 1 amide bonds. The molecule has 5 rings (SSSR count). The molecule has 29 heavy (non-hydrogen) atoms. The van der Waals surface area contributed by atoms with E-state index in [1.165, 1.54) is 5.56 Å². The predicted octanol–water partition coefficient (Wildman–Crippen LogP) is 5.42.